The molecule has 0 bridgehead atoms. The molecule has 2 atom stereocenters. The standard InChI is InChI=1S/C21H31N3O4/c1-21(2,3)28-20(26)18(22)12-15-4-6-16(7-5-15)24-10-9-23(13-19(24)25)17-8-11-27-14-17/h4-7,17-18H,8-14,22H2,1-3H3. The highest BCUT2D eigenvalue weighted by Crippen LogP contribution is 2.22. The van der Waals surface area contributed by atoms with Gasteiger partial charge in [-0.05, 0) is 51.3 Å². The summed E-state index contributed by atoms with van der Waals surface area (Å²) in [5.74, 6) is -0.296. The fourth-order valence-electron chi connectivity index (χ4n) is 3.61. The van der Waals surface area contributed by atoms with E-state index in [-0.39, 0.29) is 5.91 Å². The number of hydrogen-bond acceptors (Lipinski definition) is 6. The fourth-order valence-corrected chi connectivity index (χ4v) is 3.61. The Balaban J connectivity index is 1.55. The molecular formula is C21H31N3O4. The number of rotatable bonds is 5. The van der Waals surface area contributed by atoms with Crippen molar-refractivity contribution in [1.29, 1.82) is 0 Å². The third kappa shape index (κ3) is 5.31. The molecule has 2 N–H and O–H groups in total. The van der Waals surface area contributed by atoms with Crippen molar-refractivity contribution in [3.8, 4) is 0 Å². The van der Waals surface area contributed by atoms with Gasteiger partial charge in [0, 0.05) is 31.4 Å². The summed E-state index contributed by atoms with van der Waals surface area (Å²) in [6.07, 6.45) is 1.40. The summed E-state index contributed by atoms with van der Waals surface area (Å²) in [6.45, 7) is 8.93. The van der Waals surface area contributed by atoms with Gasteiger partial charge in [0.25, 0.3) is 0 Å². The van der Waals surface area contributed by atoms with Crippen molar-refractivity contribution in [1.82, 2.24) is 4.90 Å². The highest BCUT2D eigenvalue weighted by Gasteiger charge is 2.31. The van der Waals surface area contributed by atoms with Gasteiger partial charge >= 0.3 is 5.97 Å². The fraction of sp³-hybridized carbons (Fsp3) is 0.619. The number of esters is 1. The lowest BCUT2D eigenvalue weighted by Crippen LogP contribution is -2.53. The molecule has 2 fully saturated rings. The van der Waals surface area contributed by atoms with Crippen LogP contribution in [0.2, 0.25) is 0 Å². The van der Waals surface area contributed by atoms with Gasteiger partial charge < -0.3 is 20.1 Å². The molecule has 3 rings (SSSR count). The maximum Gasteiger partial charge on any atom is 0.323 e. The van der Waals surface area contributed by atoms with Gasteiger partial charge in [0.15, 0.2) is 0 Å². The molecule has 2 unspecified atom stereocenters. The highest BCUT2D eigenvalue weighted by atomic mass is 16.6. The third-order valence-electron chi connectivity index (χ3n) is 5.09. The van der Waals surface area contributed by atoms with Crippen molar-refractivity contribution in [2.45, 2.75) is 51.3 Å². The molecule has 1 aromatic carbocycles. The van der Waals surface area contributed by atoms with Gasteiger partial charge in [0.05, 0.1) is 13.2 Å². The number of benzene rings is 1. The summed E-state index contributed by atoms with van der Waals surface area (Å²) in [4.78, 5) is 28.7. The Labute approximate surface area is 166 Å². The molecule has 2 aliphatic rings. The molecule has 2 aliphatic heterocycles. The monoisotopic (exact) mass is 389 g/mol. The Kier molecular flexibility index (Phi) is 6.37. The van der Waals surface area contributed by atoms with Crippen LogP contribution in [0.25, 0.3) is 0 Å². The van der Waals surface area contributed by atoms with E-state index in [9.17, 15) is 9.59 Å². The summed E-state index contributed by atoms with van der Waals surface area (Å²) in [7, 11) is 0. The Morgan fingerprint density at radius 1 is 1.29 bits per heavy atom. The number of anilines is 1. The number of piperazine rings is 1. The van der Waals surface area contributed by atoms with Crippen LogP contribution < -0.4 is 10.6 Å². The zero-order valence-electron chi connectivity index (χ0n) is 17.0. The summed E-state index contributed by atoms with van der Waals surface area (Å²) >= 11 is 0. The normalized spacial score (nSPS) is 22.4. The van der Waals surface area contributed by atoms with Crippen LogP contribution in [0.5, 0.6) is 0 Å². The zero-order chi connectivity index (χ0) is 20.3. The van der Waals surface area contributed by atoms with Crippen LogP contribution in [0.3, 0.4) is 0 Å². The van der Waals surface area contributed by atoms with Crippen LogP contribution in [0.1, 0.15) is 32.8 Å². The molecule has 28 heavy (non-hydrogen) atoms. The van der Waals surface area contributed by atoms with Gasteiger partial charge in [-0.3, -0.25) is 14.5 Å². The van der Waals surface area contributed by atoms with E-state index in [4.69, 9.17) is 15.2 Å². The Morgan fingerprint density at radius 3 is 2.57 bits per heavy atom. The van der Waals surface area contributed by atoms with Crippen LogP contribution in [-0.4, -0.2) is 67.3 Å². The molecule has 7 nitrogen and oxygen atoms in total. The van der Waals surface area contributed by atoms with Crippen molar-refractivity contribution in [2.75, 3.05) is 37.7 Å². The zero-order valence-corrected chi connectivity index (χ0v) is 17.0. The Hall–Kier alpha value is -1.96. The minimum absolute atomic E-state index is 0.108. The van der Waals surface area contributed by atoms with Crippen LogP contribution in [0.15, 0.2) is 24.3 Å². The number of nitrogens with two attached hydrogens (primary N) is 1. The van der Waals surface area contributed by atoms with E-state index in [0.717, 1.165) is 37.4 Å². The number of hydrogen-bond donors (Lipinski definition) is 1. The first-order valence-electron chi connectivity index (χ1n) is 9.92. The average molecular weight is 389 g/mol. The van der Waals surface area contributed by atoms with Crippen LogP contribution >= 0.6 is 0 Å². The number of carbonyl (C=O) groups excluding carboxylic acids is 2. The molecule has 0 saturated carbocycles. The van der Waals surface area contributed by atoms with Gasteiger partial charge in [-0.25, -0.2) is 0 Å². The lowest BCUT2D eigenvalue weighted by atomic mass is 10.1. The molecule has 1 amide bonds. The Bertz CT molecular complexity index is 693. The summed E-state index contributed by atoms with van der Waals surface area (Å²) < 4.78 is 10.8. The molecular weight excluding hydrogens is 358 g/mol. The largest absolute Gasteiger partial charge is 0.459 e. The Morgan fingerprint density at radius 2 is 2.00 bits per heavy atom. The molecule has 7 heteroatoms. The third-order valence-corrected chi connectivity index (χ3v) is 5.09. The summed E-state index contributed by atoms with van der Waals surface area (Å²) in [6, 6.07) is 7.34. The highest BCUT2D eigenvalue weighted by molar-refractivity contribution is 5.95. The van der Waals surface area contributed by atoms with Gasteiger partial charge in [-0.1, -0.05) is 12.1 Å². The molecule has 0 spiro atoms. The topological polar surface area (TPSA) is 85.1 Å². The van der Waals surface area contributed by atoms with Gasteiger partial charge in [0.2, 0.25) is 5.91 Å². The average Bonchev–Trinajstić information content (AvgIpc) is 3.16. The molecule has 0 radical (unpaired) electrons. The molecule has 1 aromatic rings. The minimum Gasteiger partial charge on any atom is -0.459 e. The van der Waals surface area contributed by atoms with Crippen LogP contribution in [0.4, 0.5) is 5.69 Å². The molecule has 2 heterocycles. The van der Waals surface area contributed by atoms with E-state index in [1.165, 1.54) is 0 Å². The lowest BCUT2D eigenvalue weighted by molar-refractivity contribution is -0.156. The molecule has 2 saturated heterocycles. The maximum absolute atomic E-state index is 12.6. The number of ether oxygens (including phenoxy) is 2. The summed E-state index contributed by atoms with van der Waals surface area (Å²) in [5.41, 5.74) is 7.25. The number of nitrogens with zero attached hydrogens (tertiary/aromatic N) is 2. The first kappa shape index (κ1) is 20.8. The lowest BCUT2D eigenvalue weighted by Gasteiger charge is -2.37. The van der Waals surface area contributed by atoms with E-state index >= 15 is 0 Å². The van der Waals surface area contributed by atoms with E-state index in [2.05, 4.69) is 4.90 Å². The van der Waals surface area contributed by atoms with E-state index in [0.29, 0.717) is 25.6 Å². The smallest absolute Gasteiger partial charge is 0.323 e. The molecule has 0 aliphatic carbocycles. The number of amides is 1. The second kappa shape index (κ2) is 8.59. The van der Waals surface area contributed by atoms with Crippen LogP contribution in [-0.2, 0) is 25.5 Å². The predicted molar refractivity (Wildman–Crippen MR) is 107 cm³/mol. The minimum atomic E-state index is -0.705. The second-order valence-corrected chi connectivity index (χ2v) is 8.54. The quantitative estimate of drug-likeness (QED) is 0.765. The van der Waals surface area contributed by atoms with Crippen molar-refractivity contribution in [3.05, 3.63) is 29.8 Å². The van der Waals surface area contributed by atoms with Crippen molar-refractivity contribution < 1.29 is 19.1 Å². The van der Waals surface area contributed by atoms with Crippen molar-refractivity contribution in [3.63, 3.8) is 0 Å². The van der Waals surface area contributed by atoms with Gasteiger partial charge in [0.1, 0.15) is 11.6 Å². The van der Waals surface area contributed by atoms with Gasteiger partial charge in [-0.2, -0.15) is 0 Å². The van der Waals surface area contributed by atoms with E-state index in [1.54, 1.807) is 0 Å². The SMILES string of the molecule is CC(C)(C)OC(=O)C(N)Cc1ccc(N2CCN(C3CCOC3)CC2=O)cc1. The van der Waals surface area contributed by atoms with E-state index < -0.39 is 17.6 Å². The maximum atomic E-state index is 12.6. The molecule has 154 valence electrons. The second-order valence-electron chi connectivity index (χ2n) is 8.54. The first-order valence-corrected chi connectivity index (χ1v) is 9.92. The van der Waals surface area contributed by atoms with E-state index in [1.807, 2.05) is 49.9 Å². The number of carbonyl (C=O) groups is 2. The summed E-state index contributed by atoms with van der Waals surface area (Å²) in [5, 5.41) is 0. The molecule has 0 aromatic heterocycles. The van der Waals surface area contributed by atoms with Crippen molar-refractivity contribution in [2.24, 2.45) is 5.73 Å². The predicted octanol–water partition coefficient (Wildman–Crippen LogP) is 1.34. The van der Waals surface area contributed by atoms with Crippen LogP contribution in [0, 0.1) is 0 Å². The van der Waals surface area contributed by atoms with Gasteiger partial charge in [-0.15, -0.1) is 0 Å². The van der Waals surface area contributed by atoms with Crippen molar-refractivity contribution >= 4 is 17.6 Å². The first-order chi connectivity index (χ1) is 13.2.